The number of ether oxygens (including phenoxy) is 4. The zero-order valence-electron chi connectivity index (χ0n) is 18.7. The van der Waals surface area contributed by atoms with Gasteiger partial charge in [-0.05, 0) is 53.8 Å². The summed E-state index contributed by atoms with van der Waals surface area (Å²) in [7, 11) is 4.58. The van der Waals surface area contributed by atoms with Crippen molar-refractivity contribution in [1.29, 1.82) is 0 Å². The minimum Gasteiger partial charge on any atom is -0.508 e. The predicted octanol–water partition coefficient (Wildman–Crippen LogP) is 4.10. The summed E-state index contributed by atoms with van der Waals surface area (Å²) in [6.07, 6.45) is 1.01. The van der Waals surface area contributed by atoms with Crippen molar-refractivity contribution in [1.82, 2.24) is 0 Å². The number of hydrogen-bond acceptors (Lipinski definition) is 7. The molecular formula is C26H26O7. The second-order valence-electron chi connectivity index (χ2n) is 8.29. The van der Waals surface area contributed by atoms with Crippen molar-refractivity contribution in [2.75, 3.05) is 27.9 Å². The molecule has 3 aromatic rings. The fraction of sp³-hybridized carbons (Fsp3) is 0.308. The van der Waals surface area contributed by atoms with Gasteiger partial charge in [0.25, 0.3) is 0 Å². The summed E-state index contributed by atoms with van der Waals surface area (Å²) in [5.41, 5.74) is 5.82. The van der Waals surface area contributed by atoms with Crippen LogP contribution in [0.3, 0.4) is 0 Å². The van der Waals surface area contributed by atoms with Gasteiger partial charge in [0.15, 0.2) is 11.5 Å². The molecule has 0 amide bonds. The molecule has 0 unspecified atom stereocenters. The Hall–Kier alpha value is -3.58. The summed E-state index contributed by atoms with van der Waals surface area (Å²) in [4.78, 5) is 0. The molecule has 3 N–H and O–H groups in total. The van der Waals surface area contributed by atoms with E-state index in [-0.39, 0.29) is 35.5 Å². The first-order valence-corrected chi connectivity index (χ1v) is 10.8. The van der Waals surface area contributed by atoms with Crippen molar-refractivity contribution in [3.05, 3.63) is 58.7 Å². The van der Waals surface area contributed by atoms with Gasteiger partial charge in [-0.15, -0.1) is 0 Å². The van der Waals surface area contributed by atoms with Gasteiger partial charge in [-0.25, -0.2) is 0 Å². The highest BCUT2D eigenvalue weighted by molar-refractivity contribution is 5.82. The molecule has 0 saturated heterocycles. The van der Waals surface area contributed by atoms with Crippen molar-refractivity contribution >= 4 is 0 Å². The van der Waals surface area contributed by atoms with E-state index in [1.165, 1.54) is 14.2 Å². The topological polar surface area (TPSA) is 97.6 Å². The highest BCUT2D eigenvalue weighted by Gasteiger charge is 2.40. The van der Waals surface area contributed by atoms with Crippen LogP contribution in [0.15, 0.2) is 36.4 Å². The molecule has 1 heterocycles. The van der Waals surface area contributed by atoms with Crippen LogP contribution in [0.1, 0.15) is 34.3 Å². The van der Waals surface area contributed by atoms with Crippen LogP contribution in [0, 0.1) is 0 Å². The Balaban J connectivity index is 1.67. The summed E-state index contributed by atoms with van der Waals surface area (Å²) in [6, 6.07) is 10.7. The summed E-state index contributed by atoms with van der Waals surface area (Å²) in [5.74, 6) is 1.74. The van der Waals surface area contributed by atoms with Crippen molar-refractivity contribution in [3.8, 4) is 45.6 Å². The van der Waals surface area contributed by atoms with Crippen LogP contribution in [0.4, 0.5) is 0 Å². The van der Waals surface area contributed by atoms with Crippen LogP contribution in [0.25, 0.3) is 11.1 Å². The highest BCUT2D eigenvalue weighted by Crippen LogP contribution is 2.55. The lowest BCUT2D eigenvalue weighted by atomic mass is 9.78. The Morgan fingerprint density at radius 3 is 2.24 bits per heavy atom. The van der Waals surface area contributed by atoms with Gasteiger partial charge in [0.1, 0.15) is 23.4 Å². The Morgan fingerprint density at radius 1 is 0.909 bits per heavy atom. The maximum Gasteiger partial charge on any atom is 0.200 e. The van der Waals surface area contributed by atoms with Crippen LogP contribution < -0.4 is 18.9 Å². The Morgan fingerprint density at radius 2 is 1.61 bits per heavy atom. The van der Waals surface area contributed by atoms with Gasteiger partial charge in [-0.1, -0.05) is 6.07 Å². The lowest BCUT2D eigenvalue weighted by Crippen LogP contribution is -2.16. The number of fused-ring (bicyclic) bond motifs is 5. The van der Waals surface area contributed by atoms with Gasteiger partial charge in [0.2, 0.25) is 5.75 Å². The average Bonchev–Trinajstić information content (AvgIpc) is 3.21. The molecule has 0 spiro atoms. The molecule has 1 aliphatic heterocycles. The molecule has 7 heteroatoms. The van der Waals surface area contributed by atoms with E-state index in [0.717, 1.165) is 46.2 Å². The molecule has 5 rings (SSSR count). The average molecular weight is 450 g/mol. The van der Waals surface area contributed by atoms with E-state index >= 15 is 0 Å². The van der Waals surface area contributed by atoms with Gasteiger partial charge in [-0.2, -0.15) is 0 Å². The van der Waals surface area contributed by atoms with E-state index in [4.69, 9.17) is 18.9 Å². The monoisotopic (exact) mass is 450 g/mol. The van der Waals surface area contributed by atoms with Gasteiger partial charge in [-0.3, -0.25) is 0 Å². The normalized spacial score (nSPS) is 18.1. The first-order chi connectivity index (χ1) is 16.0. The van der Waals surface area contributed by atoms with Crippen LogP contribution in [0.2, 0.25) is 0 Å². The number of phenolic OH excluding ortho intramolecular Hbond substituents is 2. The SMILES string of the molecule is COc1cc([C@H]2Oc3cc(OC)c4c(c3[C@@H]2CO)CCc2cc(O)ccc2-4)cc(OC)c1O. The number of methoxy groups -OCH3 is 3. The quantitative estimate of drug-likeness (QED) is 0.538. The molecule has 2 aliphatic rings. The molecular weight excluding hydrogens is 424 g/mol. The van der Waals surface area contributed by atoms with Gasteiger partial charge in [0.05, 0.1) is 33.9 Å². The molecule has 0 fully saturated rings. The fourth-order valence-corrected chi connectivity index (χ4v) is 5.15. The zero-order chi connectivity index (χ0) is 23.3. The number of benzene rings is 3. The molecule has 3 aromatic carbocycles. The van der Waals surface area contributed by atoms with Gasteiger partial charge < -0.3 is 34.3 Å². The Bertz CT molecular complexity index is 1210. The lowest BCUT2D eigenvalue weighted by Gasteiger charge is -2.26. The molecule has 172 valence electrons. The number of phenols is 2. The number of aliphatic hydroxyl groups is 1. The van der Waals surface area contributed by atoms with E-state index in [2.05, 4.69) is 0 Å². The van der Waals surface area contributed by atoms with E-state index in [0.29, 0.717) is 11.5 Å². The molecule has 0 bridgehead atoms. The minimum atomic E-state index is -0.495. The number of rotatable bonds is 5. The molecule has 0 aromatic heterocycles. The minimum absolute atomic E-state index is 0.0845. The van der Waals surface area contributed by atoms with Crippen molar-refractivity contribution in [2.45, 2.75) is 24.9 Å². The smallest absolute Gasteiger partial charge is 0.200 e. The lowest BCUT2D eigenvalue weighted by molar-refractivity contribution is 0.159. The van der Waals surface area contributed by atoms with E-state index in [1.807, 2.05) is 12.1 Å². The van der Waals surface area contributed by atoms with Crippen molar-refractivity contribution in [3.63, 3.8) is 0 Å². The highest BCUT2D eigenvalue weighted by atomic mass is 16.5. The number of aliphatic hydroxyl groups excluding tert-OH is 1. The van der Waals surface area contributed by atoms with Gasteiger partial charge >= 0.3 is 0 Å². The third kappa shape index (κ3) is 3.23. The molecule has 1 aliphatic carbocycles. The third-order valence-corrected chi connectivity index (χ3v) is 6.64. The Labute approximate surface area is 191 Å². The fourth-order valence-electron chi connectivity index (χ4n) is 5.15. The number of hydrogen-bond donors (Lipinski definition) is 3. The molecule has 33 heavy (non-hydrogen) atoms. The van der Waals surface area contributed by atoms with Crippen LogP contribution in [-0.4, -0.2) is 43.3 Å². The molecule has 2 atom stereocenters. The van der Waals surface area contributed by atoms with Crippen molar-refractivity contribution in [2.24, 2.45) is 0 Å². The second-order valence-corrected chi connectivity index (χ2v) is 8.29. The molecule has 0 saturated carbocycles. The first-order valence-electron chi connectivity index (χ1n) is 10.8. The van der Waals surface area contributed by atoms with Crippen LogP contribution in [-0.2, 0) is 12.8 Å². The largest absolute Gasteiger partial charge is 0.508 e. The van der Waals surface area contributed by atoms with Crippen molar-refractivity contribution < 1.29 is 34.3 Å². The van der Waals surface area contributed by atoms with Crippen LogP contribution in [0.5, 0.6) is 34.5 Å². The van der Waals surface area contributed by atoms with E-state index in [9.17, 15) is 15.3 Å². The number of aromatic hydroxyl groups is 2. The second kappa shape index (κ2) is 8.08. The standard InChI is InChI=1S/C26H26O7/c1-30-19-11-20-24(17-6-4-13-8-15(28)5-7-16(13)23(17)19)18(12-27)26(33-20)14-9-21(31-2)25(29)22(10-14)32-3/h5,7-11,18,26-29H,4,6,12H2,1-3H3/t18-,26+/m0/s1. The predicted molar refractivity (Wildman–Crippen MR) is 122 cm³/mol. The Kier molecular flexibility index (Phi) is 5.21. The zero-order valence-corrected chi connectivity index (χ0v) is 18.7. The summed E-state index contributed by atoms with van der Waals surface area (Å²) in [5, 5.41) is 30.7. The number of aryl methyl sites for hydroxylation is 1. The first kappa shape index (κ1) is 21.3. The third-order valence-electron chi connectivity index (χ3n) is 6.64. The van der Waals surface area contributed by atoms with E-state index in [1.54, 1.807) is 31.4 Å². The summed E-state index contributed by atoms with van der Waals surface area (Å²) >= 11 is 0. The van der Waals surface area contributed by atoms with Crippen LogP contribution >= 0.6 is 0 Å². The maximum absolute atomic E-state index is 10.5. The molecule has 7 nitrogen and oxygen atoms in total. The van der Waals surface area contributed by atoms with Gasteiger partial charge in [0, 0.05) is 22.8 Å². The summed E-state index contributed by atoms with van der Waals surface area (Å²) in [6.45, 7) is -0.121. The van der Waals surface area contributed by atoms with E-state index < -0.39 is 6.10 Å². The summed E-state index contributed by atoms with van der Waals surface area (Å²) < 4.78 is 22.8. The maximum atomic E-state index is 10.5. The molecule has 0 radical (unpaired) electrons.